The molecule has 0 bridgehead atoms. The first-order chi connectivity index (χ1) is 14.2. The van der Waals surface area contributed by atoms with Crippen LogP contribution in [0.2, 0.25) is 0 Å². The van der Waals surface area contributed by atoms with Crippen LogP contribution in [0.15, 0.2) is 34.9 Å². The van der Waals surface area contributed by atoms with Crippen LogP contribution in [-0.2, 0) is 6.54 Å². The quantitative estimate of drug-likeness (QED) is 0.786. The van der Waals surface area contributed by atoms with Crippen LogP contribution in [0.5, 0.6) is 0 Å². The van der Waals surface area contributed by atoms with Gasteiger partial charge in [0.05, 0.1) is 12.2 Å². The number of hydrogen-bond acceptors (Lipinski definition) is 5. The summed E-state index contributed by atoms with van der Waals surface area (Å²) in [5, 5.41) is 0. The summed E-state index contributed by atoms with van der Waals surface area (Å²) in [6, 6.07) is 6.90. The lowest BCUT2D eigenvalue weighted by molar-refractivity contribution is 0.0736. The normalized spacial score (nSPS) is 19.1. The second kappa shape index (κ2) is 9.39. The Kier molecular flexibility index (Phi) is 6.44. The van der Waals surface area contributed by atoms with Gasteiger partial charge in [-0.25, -0.2) is 9.37 Å². The van der Waals surface area contributed by atoms with Crippen molar-refractivity contribution in [1.29, 1.82) is 0 Å². The molecule has 1 amide bonds. The summed E-state index contributed by atoms with van der Waals surface area (Å²) in [5.41, 5.74) is 1.06. The summed E-state index contributed by atoms with van der Waals surface area (Å²) in [6.45, 7) is 5.27. The van der Waals surface area contributed by atoms with Crippen LogP contribution < -0.4 is 4.90 Å². The molecule has 2 aromatic rings. The predicted octanol–water partition coefficient (Wildman–Crippen LogP) is 3.54. The van der Waals surface area contributed by atoms with Gasteiger partial charge in [-0.05, 0) is 25.0 Å². The van der Waals surface area contributed by atoms with Gasteiger partial charge in [-0.2, -0.15) is 0 Å². The lowest BCUT2D eigenvalue weighted by Crippen LogP contribution is -2.46. The molecule has 6 nitrogen and oxygen atoms in total. The highest BCUT2D eigenvalue weighted by molar-refractivity contribution is 5.92. The lowest BCUT2D eigenvalue weighted by Gasteiger charge is -2.35. The number of anilines is 1. The molecule has 1 aromatic carbocycles. The summed E-state index contributed by atoms with van der Waals surface area (Å²) >= 11 is 0. The molecule has 4 rings (SSSR count). The topological polar surface area (TPSA) is 52.8 Å². The van der Waals surface area contributed by atoms with E-state index in [2.05, 4.69) is 14.8 Å². The zero-order valence-electron chi connectivity index (χ0n) is 16.9. The van der Waals surface area contributed by atoms with Crippen LogP contribution in [0.4, 0.5) is 10.1 Å². The SMILES string of the molecule is O=C(c1coc(CN2CCN(c3ccccc3F)CC2)n1)N1CCCCCCC1. The van der Waals surface area contributed by atoms with Crippen molar-refractivity contribution in [2.75, 3.05) is 44.2 Å². The van der Waals surface area contributed by atoms with Crippen molar-refractivity contribution in [3.63, 3.8) is 0 Å². The average molecular weight is 400 g/mol. The zero-order valence-corrected chi connectivity index (χ0v) is 16.9. The van der Waals surface area contributed by atoms with Crippen molar-refractivity contribution >= 4 is 11.6 Å². The first-order valence-electron chi connectivity index (χ1n) is 10.7. The third kappa shape index (κ3) is 4.96. The monoisotopic (exact) mass is 400 g/mol. The standard InChI is InChI=1S/C22H29FN4O2/c23-18-8-4-5-9-20(18)26-14-12-25(13-15-26)16-21-24-19(17-29-21)22(28)27-10-6-2-1-3-7-11-27/h4-5,8-9,17H,1-3,6-7,10-16H2. The van der Waals surface area contributed by atoms with E-state index in [-0.39, 0.29) is 11.7 Å². The van der Waals surface area contributed by atoms with Gasteiger partial charge in [0.15, 0.2) is 5.69 Å². The summed E-state index contributed by atoms with van der Waals surface area (Å²) in [5.74, 6) is 0.368. The molecule has 2 saturated heterocycles. The Balaban J connectivity index is 1.30. The molecular formula is C22H29FN4O2. The summed E-state index contributed by atoms with van der Waals surface area (Å²) < 4.78 is 19.6. The van der Waals surface area contributed by atoms with E-state index in [4.69, 9.17) is 4.42 Å². The van der Waals surface area contributed by atoms with Crippen molar-refractivity contribution in [3.05, 3.63) is 47.9 Å². The first kappa shape index (κ1) is 19.9. The van der Waals surface area contributed by atoms with Gasteiger partial charge in [-0.3, -0.25) is 9.69 Å². The fraction of sp³-hybridized carbons (Fsp3) is 0.545. The molecular weight excluding hydrogens is 371 g/mol. The van der Waals surface area contributed by atoms with Gasteiger partial charge in [0, 0.05) is 39.3 Å². The fourth-order valence-corrected chi connectivity index (χ4v) is 4.14. The van der Waals surface area contributed by atoms with Gasteiger partial charge in [-0.1, -0.05) is 31.4 Å². The molecule has 0 N–H and O–H groups in total. The molecule has 0 saturated carbocycles. The summed E-state index contributed by atoms with van der Waals surface area (Å²) in [4.78, 5) is 23.4. The summed E-state index contributed by atoms with van der Waals surface area (Å²) in [6.07, 6.45) is 7.25. The molecule has 0 radical (unpaired) electrons. The molecule has 1 aromatic heterocycles. The first-order valence-corrected chi connectivity index (χ1v) is 10.7. The molecule has 0 unspecified atom stereocenters. The van der Waals surface area contributed by atoms with Crippen molar-refractivity contribution in [3.8, 4) is 0 Å². The molecule has 3 heterocycles. The molecule has 156 valence electrons. The number of hydrogen-bond donors (Lipinski definition) is 0. The molecule has 7 heteroatoms. The number of oxazole rings is 1. The van der Waals surface area contributed by atoms with Gasteiger partial charge in [0.2, 0.25) is 5.89 Å². The number of para-hydroxylation sites is 1. The highest BCUT2D eigenvalue weighted by Gasteiger charge is 2.23. The lowest BCUT2D eigenvalue weighted by atomic mass is 10.1. The number of aromatic nitrogens is 1. The van der Waals surface area contributed by atoms with Gasteiger partial charge >= 0.3 is 0 Å². The maximum Gasteiger partial charge on any atom is 0.275 e. The molecule has 2 aliphatic heterocycles. The fourth-order valence-electron chi connectivity index (χ4n) is 4.14. The van der Waals surface area contributed by atoms with E-state index in [0.29, 0.717) is 23.8 Å². The van der Waals surface area contributed by atoms with Gasteiger partial charge in [0.1, 0.15) is 12.1 Å². The number of carbonyl (C=O) groups is 1. The van der Waals surface area contributed by atoms with Crippen molar-refractivity contribution in [1.82, 2.24) is 14.8 Å². The third-order valence-corrected chi connectivity index (χ3v) is 5.84. The predicted molar refractivity (Wildman–Crippen MR) is 109 cm³/mol. The minimum atomic E-state index is -0.180. The van der Waals surface area contributed by atoms with Crippen molar-refractivity contribution < 1.29 is 13.6 Å². The average Bonchev–Trinajstić information content (AvgIpc) is 3.17. The second-order valence-corrected chi connectivity index (χ2v) is 7.90. The number of carbonyl (C=O) groups excluding carboxylic acids is 1. The Morgan fingerprint density at radius 1 is 0.966 bits per heavy atom. The van der Waals surface area contributed by atoms with Crippen LogP contribution in [0.1, 0.15) is 48.5 Å². The van der Waals surface area contributed by atoms with E-state index in [1.165, 1.54) is 31.6 Å². The van der Waals surface area contributed by atoms with E-state index in [0.717, 1.165) is 52.1 Å². The Morgan fingerprint density at radius 2 is 1.66 bits per heavy atom. The number of halogens is 1. The van der Waals surface area contributed by atoms with Crippen molar-refractivity contribution in [2.24, 2.45) is 0 Å². The second-order valence-electron chi connectivity index (χ2n) is 7.90. The van der Waals surface area contributed by atoms with E-state index in [1.54, 1.807) is 6.07 Å². The van der Waals surface area contributed by atoms with Crippen LogP contribution in [0.25, 0.3) is 0 Å². The largest absolute Gasteiger partial charge is 0.447 e. The zero-order chi connectivity index (χ0) is 20.1. The van der Waals surface area contributed by atoms with Crippen LogP contribution in [0, 0.1) is 5.82 Å². The minimum absolute atomic E-state index is 0.0220. The Bertz CT molecular complexity index is 809. The molecule has 2 fully saturated rings. The van der Waals surface area contributed by atoms with Gasteiger partial charge < -0.3 is 14.2 Å². The Morgan fingerprint density at radius 3 is 2.38 bits per heavy atom. The van der Waals surface area contributed by atoms with Crippen LogP contribution >= 0.6 is 0 Å². The number of amides is 1. The van der Waals surface area contributed by atoms with Crippen LogP contribution in [0.3, 0.4) is 0 Å². The molecule has 0 spiro atoms. The molecule has 0 atom stereocenters. The maximum atomic E-state index is 14.0. The molecule has 0 aliphatic carbocycles. The number of nitrogens with zero attached hydrogens (tertiary/aromatic N) is 4. The Labute approximate surface area is 171 Å². The van der Waals surface area contributed by atoms with E-state index in [1.807, 2.05) is 17.0 Å². The number of likely N-dealkylation sites (tertiary alicyclic amines) is 1. The molecule has 2 aliphatic rings. The van der Waals surface area contributed by atoms with E-state index < -0.39 is 0 Å². The minimum Gasteiger partial charge on any atom is -0.447 e. The highest BCUT2D eigenvalue weighted by atomic mass is 19.1. The van der Waals surface area contributed by atoms with Gasteiger partial charge in [0.25, 0.3) is 5.91 Å². The smallest absolute Gasteiger partial charge is 0.275 e. The number of rotatable bonds is 4. The van der Waals surface area contributed by atoms with E-state index in [9.17, 15) is 9.18 Å². The number of piperazine rings is 1. The van der Waals surface area contributed by atoms with E-state index >= 15 is 0 Å². The van der Waals surface area contributed by atoms with Crippen molar-refractivity contribution in [2.45, 2.75) is 38.6 Å². The number of benzene rings is 1. The molecule has 29 heavy (non-hydrogen) atoms. The highest BCUT2D eigenvalue weighted by Crippen LogP contribution is 2.21. The maximum absolute atomic E-state index is 14.0. The van der Waals surface area contributed by atoms with Crippen LogP contribution in [-0.4, -0.2) is 60.0 Å². The Hall–Kier alpha value is -2.41. The third-order valence-electron chi connectivity index (χ3n) is 5.84. The summed E-state index contributed by atoms with van der Waals surface area (Å²) in [7, 11) is 0. The van der Waals surface area contributed by atoms with Gasteiger partial charge in [-0.15, -0.1) is 0 Å².